The minimum Gasteiger partial charge on any atom is -0.368 e. The predicted molar refractivity (Wildman–Crippen MR) is 57.4 cm³/mol. The van der Waals surface area contributed by atoms with Gasteiger partial charge in [-0.2, -0.15) is 0 Å². The second-order valence-electron chi connectivity index (χ2n) is 5.27. The lowest BCUT2D eigenvalue weighted by molar-refractivity contribution is -0.0906. The van der Waals surface area contributed by atoms with Gasteiger partial charge in [0.05, 0.1) is 6.10 Å². The van der Waals surface area contributed by atoms with Crippen LogP contribution in [0.25, 0.3) is 0 Å². The molecule has 1 N–H and O–H groups in total. The normalized spacial score (nSPS) is 47.0. The first kappa shape index (κ1) is 10.1. The van der Waals surface area contributed by atoms with Crippen molar-refractivity contribution in [3.05, 3.63) is 0 Å². The highest BCUT2D eigenvalue weighted by Crippen LogP contribution is 2.41. The molecule has 3 rings (SSSR count). The van der Waals surface area contributed by atoms with E-state index in [9.17, 15) is 5.11 Å². The highest BCUT2D eigenvalue weighted by Gasteiger charge is 2.46. The van der Waals surface area contributed by atoms with Crippen LogP contribution in [-0.4, -0.2) is 41.5 Å². The highest BCUT2D eigenvalue weighted by atomic mass is 16.6. The first-order valence-electron chi connectivity index (χ1n) is 6.42. The molecule has 3 nitrogen and oxygen atoms in total. The number of fused-ring (bicyclic) bond motifs is 1. The number of rotatable bonds is 1. The average Bonchev–Trinajstić information content (AvgIpc) is 2.77. The van der Waals surface area contributed by atoms with Gasteiger partial charge in [-0.05, 0) is 38.8 Å². The Morgan fingerprint density at radius 1 is 1.07 bits per heavy atom. The average molecular weight is 211 g/mol. The molecule has 3 fully saturated rings. The van der Waals surface area contributed by atoms with Gasteiger partial charge in [0.1, 0.15) is 0 Å². The van der Waals surface area contributed by atoms with Crippen LogP contribution in [0, 0.1) is 5.92 Å². The topological polar surface area (TPSA) is 32.7 Å². The lowest BCUT2D eigenvalue weighted by atomic mass is 9.96. The zero-order valence-electron chi connectivity index (χ0n) is 9.27. The van der Waals surface area contributed by atoms with Crippen molar-refractivity contribution in [1.29, 1.82) is 0 Å². The van der Waals surface area contributed by atoms with Crippen LogP contribution >= 0.6 is 0 Å². The Hall–Kier alpha value is -0.120. The molecule has 2 aliphatic heterocycles. The Balaban J connectivity index is 1.66. The molecular weight excluding hydrogens is 190 g/mol. The van der Waals surface area contributed by atoms with Crippen LogP contribution < -0.4 is 0 Å². The zero-order chi connectivity index (χ0) is 10.3. The fourth-order valence-corrected chi connectivity index (χ4v) is 3.68. The number of hydrogen-bond donors (Lipinski definition) is 1. The molecule has 2 heterocycles. The number of aliphatic hydroxyl groups excluding tert-OH is 1. The van der Waals surface area contributed by atoms with E-state index in [0.717, 1.165) is 12.8 Å². The summed E-state index contributed by atoms with van der Waals surface area (Å²) in [5.74, 6) is 0.609. The molecule has 0 aromatic rings. The number of hydrogen-bond acceptors (Lipinski definition) is 3. The summed E-state index contributed by atoms with van der Waals surface area (Å²) in [6, 6.07) is 0.701. The SMILES string of the molecule is OC1C[C@H]2[C@H](N3CCCCC3)CC[C@H]2O1. The van der Waals surface area contributed by atoms with Gasteiger partial charge >= 0.3 is 0 Å². The minimum atomic E-state index is -0.479. The number of ether oxygens (including phenoxy) is 1. The summed E-state index contributed by atoms with van der Waals surface area (Å²) in [7, 11) is 0. The standard InChI is InChI=1S/C12H21NO2/c14-12-8-9-10(4-5-11(9)15-12)13-6-2-1-3-7-13/h9-12,14H,1-8H2/t9-,10+,11+,12?/m0/s1. The van der Waals surface area contributed by atoms with Crippen LogP contribution in [0.2, 0.25) is 0 Å². The summed E-state index contributed by atoms with van der Waals surface area (Å²) >= 11 is 0. The van der Waals surface area contributed by atoms with Crippen LogP contribution in [0.15, 0.2) is 0 Å². The third-order valence-electron chi connectivity index (χ3n) is 4.38. The molecule has 0 bridgehead atoms. The molecule has 3 aliphatic rings. The molecule has 4 atom stereocenters. The molecule has 3 heteroatoms. The number of nitrogens with zero attached hydrogens (tertiary/aromatic N) is 1. The summed E-state index contributed by atoms with van der Waals surface area (Å²) in [6.45, 7) is 2.54. The monoisotopic (exact) mass is 211 g/mol. The third kappa shape index (κ3) is 1.81. The van der Waals surface area contributed by atoms with Crippen molar-refractivity contribution in [2.24, 2.45) is 5.92 Å². The smallest absolute Gasteiger partial charge is 0.155 e. The van der Waals surface area contributed by atoms with Crippen LogP contribution in [-0.2, 0) is 4.74 Å². The second kappa shape index (κ2) is 4.04. The van der Waals surface area contributed by atoms with Crippen molar-refractivity contribution in [1.82, 2.24) is 4.90 Å². The van der Waals surface area contributed by atoms with E-state index in [-0.39, 0.29) is 0 Å². The molecule has 1 saturated carbocycles. The first-order chi connectivity index (χ1) is 7.34. The lowest BCUT2D eigenvalue weighted by Crippen LogP contribution is -2.42. The number of aliphatic hydroxyl groups is 1. The van der Waals surface area contributed by atoms with Gasteiger partial charge in [0.25, 0.3) is 0 Å². The van der Waals surface area contributed by atoms with E-state index in [2.05, 4.69) is 4.90 Å². The van der Waals surface area contributed by atoms with Gasteiger partial charge in [-0.25, -0.2) is 0 Å². The van der Waals surface area contributed by atoms with Crippen molar-refractivity contribution in [2.45, 2.75) is 57.0 Å². The molecule has 0 spiro atoms. The van der Waals surface area contributed by atoms with Crippen molar-refractivity contribution >= 4 is 0 Å². The fourth-order valence-electron chi connectivity index (χ4n) is 3.68. The summed E-state index contributed by atoms with van der Waals surface area (Å²) in [6.07, 6.45) is 7.29. The quantitative estimate of drug-likeness (QED) is 0.711. The van der Waals surface area contributed by atoms with Gasteiger partial charge in [0.2, 0.25) is 0 Å². The fraction of sp³-hybridized carbons (Fsp3) is 1.00. The highest BCUT2D eigenvalue weighted by molar-refractivity contribution is 4.96. The molecule has 0 aromatic carbocycles. The van der Waals surface area contributed by atoms with E-state index >= 15 is 0 Å². The van der Waals surface area contributed by atoms with Crippen molar-refractivity contribution in [2.75, 3.05) is 13.1 Å². The molecule has 86 valence electrons. The molecule has 1 aliphatic carbocycles. The summed E-state index contributed by atoms with van der Waals surface area (Å²) in [5.41, 5.74) is 0. The van der Waals surface area contributed by atoms with Crippen LogP contribution in [0.5, 0.6) is 0 Å². The van der Waals surface area contributed by atoms with E-state index in [1.54, 1.807) is 0 Å². The Kier molecular flexibility index (Phi) is 2.71. The first-order valence-corrected chi connectivity index (χ1v) is 6.42. The molecule has 0 aromatic heterocycles. The summed E-state index contributed by atoms with van der Waals surface area (Å²) < 4.78 is 5.54. The molecular formula is C12H21NO2. The molecule has 0 radical (unpaired) electrons. The predicted octanol–water partition coefficient (Wildman–Crippen LogP) is 1.36. The van der Waals surface area contributed by atoms with Gasteiger partial charge in [-0.15, -0.1) is 0 Å². The maximum absolute atomic E-state index is 9.51. The lowest BCUT2D eigenvalue weighted by Gasteiger charge is -2.35. The Labute approximate surface area is 91.4 Å². The largest absolute Gasteiger partial charge is 0.368 e. The van der Waals surface area contributed by atoms with E-state index < -0.39 is 6.29 Å². The Morgan fingerprint density at radius 3 is 2.67 bits per heavy atom. The van der Waals surface area contributed by atoms with E-state index in [4.69, 9.17) is 4.74 Å². The van der Waals surface area contributed by atoms with Gasteiger partial charge in [-0.1, -0.05) is 6.42 Å². The maximum atomic E-state index is 9.51. The molecule has 2 saturated heterocycles. The van der Waals surface area contributed by atoms with Gasteiger partial charge < -0.3 is 14.7 Å². The van der Waals surface area contributed by atoms with Crippen LogP contribution in [0.3, 0.4) is 0 Å². The molecule has 0 amide bonds. The minimum absolute atomic E-state index is 0.354. The van der Waals surface area contributed by atoms with E-state index in [1.807, 2.05) is 0 Å². The zero-order valence-corrected chi connectivity index (χ0v) is 9.27. The summed E-state index contributed by atoms with van der Waals surface area (Å²) in [5, 5.41) is 9.51. The van der Waals surface area contributed by atoms with Crippen molar-refractivity contribution in [3.8, 4) is 0 Å². The maximum Gasteiger partial charge on any atom is 0.155 e. The van der Waals surface area contributed by atoms with Gasteiger partial charge in [-0.3, -0.25) is 0 Å². The Morgan fingerprint density at radius 2 is 1.87 bits per heavy atom. The second-order valence-corrected chi connectivity index (χ2v) is 5.27. The van der Waals surface area contributed by atoms with Gasteiger partial charge in [0.15, 0.2) is 6.29 Å². The molecule has 15 heavy (non-hydrogen) atoms. The Bertz CT molecular complexity index is 228. The molecule has 1 unspecified atom stereocenters. The van der Waals surface area contributed by atoms with Crippen LogP contribution in [0.1, 0.15) is 38.5 Å². The van der Waals surface area contributed by atoms with Crippen molar-refractivity contribution in [3.63, 3.8) is 0 Å². The van der Waals surface area contributed by atoms with Crippen LogP contribution in [0.4, 0.5) is 0 Å². The van der Waals surface area contributed by atoms with E-state index in [1.165, 1.54) is 38.8 Å². The van der Waals surface area contributed by atoms with Crippen molar-refractivity contribution < 1.29 is 9.84 Å². The number of piperidine rings is 1. The third-order valence-corrected chi connectivity index (χ3v) is 4.38. The summed E-state index contributed by atoms with van der Waals surface area (Å²) in [4.78, 5) is 2.65. The van der Waals surface area contributed by atoms with Gasteiger partial charge in [0, 0.05) is 18.4 Å². The van der Waals surface area contributed by atoms with E-state index in [0.29, 0.717) is 18.1 Å². The number of likely N-dealkylation sites (tertiary alicyclic amines) is 1.